The van der Waals surface area contributed by atoms with Crippen molar-refractivity contribution in [1.29, 1.82) is 0 Å². The number of halogens is 1. The predicted molar refractivity (Wildman–Crippen MR) is 50.1 cm³/mol. The molecule has 0 aliphatic rings. The van der Waals surface area contributed by atoms with Crippen molar-refractivity contribution in [2.75, 3.05) is 6.54 Å². The van der Waals surface area contributed by atoms with E-state index >= 15 is 0 Å². The van der Waals surface area contributed by atoms with Gasteiger partial charge in [0.05, 0.1) is 15.2 Å². The Morgan fingerprint density at radius 2 is 2.45 bits per heavy atom. The average Bonchev–Trinajstić information content (AvgIpc) is 2.31. The summed E-state index contributed by atoms with van der Waals surface area (Å²) < 4.78 is 1.01. The first-order valence-corrected chi connectivity index (χ1v) is 4.75. The predicted octanol–water partition coefficient (Wildman–Crippen LogP) is 1.96. The Hall–Kier alpha value is -0.190. The number of Topliss-reactive ketones (excluding diaryl/α,β-unsaturated/α-hetero) is 1. The van der Waals surface area contributed by atoms with Crippen molar-refractivity contribution in [2.45, 2.75) is 6.92 Å². The monoisotopic (exact) mass is 233 g/mol. The first-order chi connectivity index (χ1) is 5.15. The molecule has 0 saturated heterocycles. The van der Waals surface area contributed by atoms with E-state index in [0.29, 0.717) is 0 Å². The second-order valence-electron chi connectivity index (χ2n) is 2.19. The van der Waals surface area contributed by atoms with Crippen LogP contribution in [0.2, 0.25) is 0 Å². The zero-order valence-corrected chi connectivity index (χ0v) is 8.46. The number of carbonyl (C=O) groups is 1. The molecule has 0 spiro atoms. The molecule has 60 valence electrons. The van der Waals surface area contributed by atoms with E-state index in [4.69, 9.17) is 5.73 Å². The maximum Gasteiger partial charge on any atom is 0.186 e. The number of nitrogens with two attached hydrogens (primary N) is 1. The fourth-order valence-electron chi connectivity index (χ4n) is 0.698. The fraction of sp³-hybridized carbons (Fsp3) is 0.286. The number of hydrogen-bond donors (Lipinski definition) is 1. The summed E-state index contributed by atoms with van der Waals surface area (Å²) in [5.74, 6) is 0.00352. The Balaban J connectivity index is 2.97. The van der Waals surface area contributed by atoms with Gasteiger partial charge in [0.15, 0.2) is 5.78 Å². The molecule has 0 fully saturated rings. The zero-order chi connectivity index (χ0) is 8.43. The Labute approximate surface area is 77.5 Å². The fourth-order valence-corrected chi connectivity index (χ4v) is 2.18. The Bertz CT molecular complexity index is 262. The second-order valence-corrected chi connectivity index (χ2v) is 4.56. The largest absolute Gasteiger partial charge is 0.324 e. The molecule has 2 nitrogen and oxygen atoms in total. The number of carbonyl (C=O) groups excluding carboxylic acids is 1. The number of ketones is 1. The molecule has 4 heteroatoms. The van der Waals surface area contributed by atoms with Crippen LogP contribution in [-0.2, 0) is 0 Å². The van der Waals surface area contributed by atoms with Crippen LogP contribution >= 0.6 is 27.3 Å². The lowest BCUT2D eigenvalue weighted by atomic mass is 10.3. The van der Waals surface area contributed by atoms with E-state index in [9.17, 15) is 4.79 Å². The normalized spacial score (nSPS) is 10.1. The van der Waals surface area contributed by atoms with Crippen molar-refractivity contribution >= 4 is 33.0 Å². The molecular formula is C7H8BrNOS. The minimum Gasteiger partial charge on any atom is -0.324 e. The quantitative estimate of drug-likeness (QED) is 0.795. The molecule has 11 heavy (non-hydrogen) atoms. The van der Waals surface area contributed by atoms with Gasteiger partial charge in [0.1, 0.15) is 0 Å². The van der Waals surface area contributed by atoms with Crippen LogP contribution < -0.4 is 5.73 Å². The molecule has 0 bridgehead atoms. The van der Waals surface area contributed by atoms with Gasteiger partial charge in [-0.3, -0.25) is 4.79 Å². The maximum absolute atomic E-state index is 11.0. The number of thiophene rings is 1. The van der Waals surface area contributed by atoms with E-state index in [1.54, 1.807) is 0 Å². The highest BCUT2D eigenvalue weighted by Gasteiger charge is 2.08. The summed E-state index contributed by atoms with van der Waals surface area (Å²) >= 11 is 4.77. The van der Waals surface area contributed by atoms with Gasteiger partial charge in [0.25, 0.3) is 0 Å². The van der Waals surface area contributed by atoms with Crippen LogP contribution in [0.25, 0.3) is 0 Å². The molecule has 0 saturated carbocycles. The number of rotatable bonds is 2. The van der Waals surface area contributed by atoms with E-state index in [1.165, 1.54) is 11.3 Å². The number of hydrogen-bond acceptors (Lipinski definition) is 3. The molecular weight excluding hydrogens is 226 g/mol. The minimum absolute atomic E-state index is 0.00352. The lowest BCUT2D eigenvalue weighted by molar-refractivity contribution is 0.100. The van der Waals surface area contributed by atoms with E-state index in [2.05, 4.69) is 15.9 Å². The van der Waals surface area contributed by atoms with Crippen molar-refractivity contribution in [1.82, 2.24) is 0 Å². The first kappa shape index (κ1) is 8.90. The summed E-state index contributed by atoms with van der Waals surface area (Å²) in [6.45, 7) is 2.04. The Kier molecular flexibility index (Phi) is 2.81. The molecule has 1 rings (SSSR count). The van der Waals surface area contributed by atoms with E-state index in [1.807, 2.05) is 13.0 Å². The van der Waals surface area contributed by atoms with Crippen molar-refractivity contribution in [3.05, 3.63) is 20.3 Å². The molecule has 0 radical (unpaired) electrons. The SMILES string of the molecule is Cc1cc(C(=O)CN)sc1Br. The molecule has 0 aliphatic heterocycles. The van der Waals surface area contributed by atoms with Crippen LogP contribution in [0, 0.1) is 6.92 Å². The molecule has 0 aliphatic carbocycles. The summed E-state index contributed by atoms with van der Waals surface area (Å²) in [4.78, 5) is 11.8. The van der Waals surface area contributed by atoms with E-state index in [0.717, 1.165) is 14.2 Å². The third-order valence-electron chi connectivity index (χ3n) is 1.32. The molecule has 1 aromatic rings. The Morgan fingerprint density at radius 1 is 1.82 bits per heavy atom. The van der Waals surface area contributed by atoms with Crippen molar-refractivity contribution < 1.29 is 4.79 Å². The average molecular weight is 234 g/mol. The van der Waals surface area contributed by atoms with Gasteiger partial charge >= 0.3 is 0 Å². The lowest BCUT2D eigenvalue weighted by Crippen LogP contribution is -2.11. The highest BCUT2D eigenvalue weighted by Crippen LogP contribution is 2.27. The summed E-state index contributed by atoms with van der Waals surface area (Å²) in [5.41, 5.74) is 6.29. The Morgan fingerprint density at radius 3 is 2.82 bits per heavy atom. The summed E-state index contributed by atoms with van der Waals surface area (Å²) in [6, 6.07) is 1.85. The molecule has 0 amide bonds. The van der Waals surface area contributed by atoms with E-state index < -0.39 is 0 Å². The van der Waals surface area contributed by atoms with Gasteiger partial charge in [-0.1, -0.05) is 0 Å². The summed E-state index contributed by atoms with van der Waals surface area (Å²) in [5, 5.41) is 0. The van der Waals surface area contributed by atoms with Gasteiger partial charge in [-0.25, -0.2) is 0 Å². The molecule has 0 atom stereocenters. The third-order valence-corrected chi connectivity index (χ3v) is 3.50. The molecule has 1 aromatic heterocycles. The van der Waals surface area contributed by atoms with Gasteiger partial charge in [-0.15, -0.1) is 11.3 Å². The summed E-state index contributed by atoms with van der Waals surface area (Å²) in [7, 11) is 0. The van der Waals surface area contributed by atoms with Gasteiger partial charge < -0.3 is 5.73 Å². The zero-order valence-electron chi connectivity index (χ0n) is 6.06. The number of aryl methyl sites for hydroxylation is 1. The summed E-state index contributed by atoms with van der Waals surface area (Å²) in [6.07, 6.45) is 0. The molecule has 0 aromatic carbocycles. The smallest absolute Gasteiger partial charge is 0.186 e. The van der Waals surface area contributed by atoms with Crippen LogP contribution in [0.5, 0.6) is 0 Å². The first-order valence-electron chi connectivity index (χ1n) is 3.14. The van der Waals surface area contributed by atoms with E-state index in [-0.39, 0.29) is 12.3 Å². The van der Waals surface area contributed by atoms with Crippen molar-refractivity contribution in [2.24, 2.45) is 5.73 Å². The van der Waals surface area contributed by atoms with Crippen molar-refractivity contribution in [3.63, 3.8) is 0 Å². The van der Waals surface area contributed by atoms with Gasteiger partial charge in [0, 0.05) is 0 Å². The van der Waals surface area contributed by atoms with Crippen LogP contribution in [-0.4, -0.2) is 12.3 Å². The van der Waals surface area contributed by atoms with Crippen LogP contribution in [0.4, 0.5) is 0 Å². The van der Waals surface area contributed by atoms with Crippen LogP contribution in [0.15, 0.2) is 9.85 Å². The molecule has 1 heterocycles. The van der Waals surface area contributed by atoms with Gasteiger partial charge in [-0.2, -0.15) is 0 Å². The van der Waals surface area contributed by atoms with Crippen LogP contribution in [0.3, 0.4) is 0 Å². The highest BCUT2D eigenvalue weighted by atomic mass is 79.9. The van der Waals surface area contributed by atoms with Gasteiger partial charge in [-0.05, 0) is 34.5 Å². The minimum atomic E-state index is 0.00352. The standard InChI is InChI=1S/C7H8BrNOS/c1-4-2-6(5(10)3-9)11-7(4)8/h2H,3,9H2,1H3. The van der Waals surface area contributed by atoms with Crippen molar-refractivity contribution in [3.8, 4) is 0 Å². The second kappa shape index (κ2) is 3.47. The lowest BCUT2D eigenvalue weighted by Gasteiger charge is -1.87. The third kappa shape index (κ3) is 1.89. The molecule has 2 N–H and O–H groups in total. The van der Waals surface area contributed by atoms with Gasteiger partial charge in [0.2, 0.25) is 0 Å². The highest BCUT2D eigenvalue weighted by molar-refractivity contribution is 9.11. The molecule has 0 unspecified atom stereocenters. The maximum atomic E-state index is 11.0. The van der Waals surface area contributed by atoms with Crippen LogP contribution in [0.1, 0.15) is 15.2 Å². The topological polar surface area (TPSA) is 43.1 Å².